The van der Waals surface area contributed by atoms with Gasteiger partial charge in [-0.2, -0.15) is 0 Å². The van der Waals surface area contributed by atoms with E-state index in [0.29, 0.717) is 32.1 Å². The molecule has 132 heavy (non-hydrogen) atoms. The molecular weight excluding hydrogens is 1780 g/mol. The number of aliphatic hydroxyl groups is 6. The van der Waals surface area contributed by atoms with Crippen molar-refractivity contribution in [2.75, 3.05) is 19.7 Å². The molecule has 6 amide bonds. The number of unbranched alkanes of at least 4 members (excludes halogenated alkanes) is 6. The van der Waals surface area contributed by atoms with Gasteiger partial charge in [0, 0.05) is 61.4 Å². The molecule has 2 saturated heterocycles. The van der Waals surface area contributed by atoms with Gasteiger partial charge in [-0.05, 0) is 165 Å². The van der Waals surface area contributed by atoms with Crippen molar-refractivity contribution in [2.24, 2.45) is 35.1 Å². The zero-order valence-electron chi connectivity index (χ0n) is 74.5. The van der Waals surface area contributed by atoms with Crippen molar-refractivity contribution in [3.63, 3.8) is 0 Å². The number of aryl methyl sites for hydroxylation is 1. The SMILES string of the molecule is CCCCCCc1ccc(S(=O)(=O)NCCCCCCNCc2c(O)cc3c(c2O)-c2cc(ccc2O)[C@H]2CC(=O)[C@@H]4NC(=O)[C@H](CC(N)=O)CC(=O)[C@H](NC(=O)[C@H](CC)CC(C)C)[C@H](O)c5ccc(c(Cl)c5)Oc5cc4cc(c5O[C@@H]4O[C@H](CO)[C@@H](O)[C@H](O)[C@H]4O[C@H]4C[C@](C)(NC(=O)[C@H](N)C(C)C)[C@H](O)[C@H](C)O4)Oc4ccc(cc4Cl)[C@@H](O)[C@H](NC2=O)C(=O)N[C@@H]3C(=O)O)cc1. The number of carbonyl (C=O) groups is 9. The number of Topliss-reactive ketones (excluding diaryl/α,β-unsaturated/α-hetero) is 2. The number of aliphatic hydroxyl groups excluding tert-OH is 6. The van der Waals surface area contributed by atoms with Crippen molar-refractivity contribution in [1.82, 2.24) is 36.6 Å². The molecule has 13 rings (SSSR count). The van der Waals surface area contributed by atoms with Gasteiger partial charge in [-0.1, -0.05) is 127 Å². The van der Waals surface area contributed by atoms with Crippen molar-refractivity contribution in [3.05, 3.63) is 146 Å². The normalized spacial score (nSPS) is 25.8. The fourth-order valence-electron chi connectivity index (χ4n) is 17.1. The number of nitrogens with one attached hydrogen (secondary N) is 7. The molecule has 0 unspecified atom stereocenters. The number of phenolic OH excluding ortho intramolecular Hbond substituents is 3. The zero-order valence-corrected chi connectivity index (χ0v) is 76.8. The number of primary amides is 1. The van der Waals surface area contributed by atoms with Crippen LogP contribution >= 0.6 is 23.2 Å². The van der Waals surface area contributed by atoms with Crippen LogP contribution in [0, 0.1) is 23.7 Å². The highest BCUT2D eigenvalue weighted by molar-refractivity contribution is 7.89. The van der Waals surface area contributed by atoms with E-state index in [4.69, 9.17) is 63.1 Å². The maximum absolute atomic E-state index is 16.6. The van der Waals surface area contributed by atoms with Gasteiger partial charge >= 0.3 is 5.97 Å². The van der Waals surface area contributed by atoms with Gasteiger partial charge in [0.1, 0.15) is 83.5 Å². The third-order valence-electron chi connectivity index (χ3n) is 24.7. The van der Waals surface area contributed by atoms with Gasteiger partial charge in [-0.3, -0.25) is 38.4 Å². The zero-order chi connectivity index (χ0) is 96.2. The topological polar surface area (TPSA) is 582 Å². The molecule has 0 aromatic heterocycles. The number of amides is 6. The van der Waals surface area contributed by atoms with E-state index in [2.05, 4.69) is 43.5 Å². The number of fused-ring (bicyclic) bond motifs is 15. The number of ketones is 2. The molecule has 7 aliphatic rings. The first-order chi connectivity index (χ1) is 62.5. The van der Waals surface area contributed by atoms with Crippen LogP contribution < -0.4 is 62.3 Å². The number of carbonyl (C=O) groups excluding carboxylic acids is 8. The number of rotatable bonds is 32. The average molecular weight is 1900 g/mol. The average Bonchev–Trinajstić information content (AvgIpc) is 0.756. The molecule has 718 valence electrons. The summed E-state index contributed by atoms with van der Waals surface area (Å²) in [6.07, 6.45) is -14.0. The van der Waals surface area contributed by atoms with Crippen LogP contribution in [0.1, 0.15) is 214 Å². The summed E-state index contributed by atoms with van der Waals surface area (Å²) in [5.41, 5.74) is 8.64. The fourth-order valence-corrected chi connectivity index (χ4v) is 18.6. The highest BCUT2D eigenvalue weighted by Crippen LogP contribution is 2.52. The minimum Gasteiger partial charge on any atom is -0.507 e. The molecule has 0 saturated carbocycles. The van der Waals surface area contributed by atoms with Crippen LogP contribution in [-0.4, -0.2) is 205 Å². The van der Waals surface area contributed by atoms with E-state index < -0.39 is 271 Å². The number of aromatic hydroxyl groups is 3. The van der Waals surface area contributed by atoms with Crippen molar-refractivity contribution >= 4 is 86.2 Å². The Labute approximate surface area is 773 Å². The van der Waals surface area contributed by atoms with E-state index in [0.717, 1.165) is 92.3 Å². The molecule has 7 heterocycles. The van der Waals surface area contributed by atoms with E-state index in [1.165, 1.54) is 32.0 Å². The summed E-state index contributed by atoms with van der Waals surface area (Å²) in [7, 11) is -3.80. The standard InChI is InChI=1S/C93H119Cl2N9O27S/c1-9-11-12-15-18-47-19-24-54(25-20-47)132(124,125)99-30-17-14-13-16-29-98-42-58-62(107)40-57-72(80(58)113)56-32-49(21-26-61(56)106)55-39-64(109)74-52-36-67(127-65-27-22-50(33-59(65)94)78(111)76(102-86(117)48(10-2)31-44(3)4)63(108)35-53(38-70(96)110)87(118)100-74)83(68(37-52)128-66-28-23-51(34-60(66)95)79(112)77(103-88(55)119)90(121)101-75(57)91(122)123)131-92-84(82(115)81(114)69(43-105)129-92)130-71-41-93(8,85(116)46(7)126-71)104-89(120)73(97)45(5)6/h19-28,32-34,36-37,40,44-46,48,53,55,69,71,73-79,81-82,84-85,92,98-99,105-107,111-116H,9-18,29-31,35,38-39,41-43,97H2,1-8H3,(H2,96,110)(H,100,118)(H,101,121)(H,102,117)(H,103,119)(H,104,120)(H,122,123)/t46-,48+,53-,55+,69+,71-,73+,74+,75-,76-,77-,78+,79+,81+,82-,84+,85+,92-,93-/m0/s1. The van der Waals surface area contributed by atoms with Crippen LogP contribution in [0.2, 0.25) is 10.0 Å². The van der Waals surface area contributed by atoms with Crippen LogP contribution in [0.5, 0.6) is 46.0 Å². The van der Waals surface area contributed by atoms with Crippen LogP contribution in [-0.2, 0) is 80.4 Å². The lowest BCUT2D eigenvalue weighted by atomic mass is 9.84. The Balaban J connectivity index is 1.04. The van der Waals surface area contributed by atoms with Gasteiger partial charge in [-0.15, -0.1) is 0 Å². The molecule has 21 N–H and O–H groups in total. The number of aliphatic carboxylic acids is 1. The molecule has 19 atom stereocenters. The molecule has 11 bridgehead atoms. The highest BCUT2D eigenvalue weighted by Gasteiger charge is 2.53. The number of hydrogen-bond donors (Lipinski definition) is 19. The van der Waals surface area contributed by atoms with Crippen LogP contribution in [0.15, 0.2) is 102 Å². The number of halogens is 2. The second kappa shape index (κ2) is 44.8. The molecule has 0 spiro atoms. The highest BCUT2D eigenvalue weighted by atomic mass is 35.5. The Hall–Kier alpha value is -10.2. The molecular formula is C93H119Cl2N9O27S. The quantitative estimate of drug-likeness (QED) is 0.0183. The van der Waals surface area contributed by atoms with Crippen LogP contribution in [0.25, 0.3) is 11.1 Å². The Morgan fingerprint density at radius 1 is 0.689 bits per heavy atom. The minimum absolute atomic E-state index is 0.0470. The number of hydrogen-bond acceptors (Lipinski definition) is 28. The maximum Gasteiger partial charge on any atom is 0.330 e. The van der Waals surface area contributed by atoms with Crippen molar-refractivity contribution in [3.8, 4) is 57.1 Å². The predicted molar refractivity (Wildman–Crippen MR) is 479 cm³/mol. The first-order valence-corrected chi connectivity index (χ1v) is 46.6. The number of ether oxygens (including phenoxy) is 6. The Bertz CT molecular complexity index is 5320. The number of carboxylic acid groups (broad SMARTS) is 1. The molecule has 6 aromatic rings. The molecule has 0 aliphatic carbocycles. The van der Waals surface area contributed by atoms with Gasteiger partial charge in [-0.25, -0.2) is 17.9 Å². The summed E-state index contributed by atoms with van der Waals surface area (Å²) in [6, 6.07) is 10.2. The summed E-state index contributed by atoms with van der Waals surface area (Å²) < 4.78 is 68.3. The summed E-state index contributed by atoms with van der Waals surface area (Å²) in [6.45, 7) is 13.0. The van der Waals surface area contributed by atoms with Gasteiger partial charge in [0.2, 0.25) is 57.5 Å². The Morgan fingerprint density at radius 2 is 1.33 bits per heavy atom. The molecule has 39 heteroatoms. The maximum atomic E-state index is 16.6. The lowest BCUT2D eigenvalue weighted by molar-refractivity contribution is -0.334. The van der Waals surface area contributed by atoms with Crippen LogP contribution in [0.4, 0.5) is 0 Å². The summed E-state index contributed by atoms with van der Waals surface area (Å²) in [4.78, 5) is 134. The van der Waals surface area contributed by atoms with Gasteiger partial charge in [0.15, 0.2) is 41.5 Å². The Kier molecular flexibility index (Phi) is 34.7. The fraction of sp³-hybridized carbons (Fsp3) is 0.516. The lowest BCUT2D eigenvalue weighted by Crippen LogP contribution is -2.67. The third kappa shape index (κ3) is 24.3. The van der Waals surface area contributed by atoms with Gasteiger partial charge in [0.25, 0.3) is 0 Å². The second-order valence-corrected chi connectivity index (χ2v) is 38.0. The smallest absolute Gasteiger partial charge is 0.330 e. The van der Waals surface area contributed by atoms with Gasteiger partial charge < -0.3 is 123 Å². The third-order valence-corrected chi connectivity index (χ3v) is 26.8. The van der Waals surface area contributed by atoms with Gasteiger partial charge in [0.05, 0.1) is 56.6 Å². The van der Waals surface area contributed by atoms with Crippen molar-refractivity contribution in [1.29, 1.82) is 0 Å². The molecule has 7 aliphatic heterocycles. The number of carboxylic acids is 1. The first-order valence-electron chi connectivity index (χ1n) is 44.4. The number of benzene rings is 6. The van der Waals surface area contributed by atoms with E-state index in [1.54, 1.807) is 32.9 Å². The second-order valence-electron chi connectivity index (χ2n) is 35.4. The summed E-state index contributed by atoms with van der Waals surface area (Å²) >= 11 is 14.4. The first kappa shape index (κ1) is 102. The number of sulfonamides is 1. The molecule has 0 radical (unpaired) electrons. The summed E-state index contributed by atoms with van der Waals surface area (Å²) in [5.74, 6) is -20.8. The Morgan fingerprint density at radius 3 is 1.93 bits per heavy atom. The number of nitrogens with two attached hydrogens (primary N) is 2. The summed E-state index contributed by atoms with van der Waals surface area (Å²) in [5, 5.41) is 135. The largest absolute Gasteiger partial charge is 0.507 e. The predicted octanol–water partition coefficient (Wildman–Crippen LogP) is 7.41. The van der Waals surface area contributed by atoms with Crippen molar-refractivity contribution < 1.29 is 131 Å². The lowest BCUT2D eigenvalue weighted by Gasteiger charge is -2.48. The van der Waals surface area contributed by atoms with E-state index >= 15 is 24.0 Å². The molecule has 6 aromatic carbocycles. The monoisotopic (exact) mass is 1900 g/mol. The number of phenols is 3. The van der Waals surface area contributed by atoms with E-state index in [1.807, 2.05) is 26.0 Å². The van der Waals surface area contributed by atoms with Crippen molar-refractivity contribution in [2.45, 2.75) is 266 Å². The van der Waals surface area contributed by atoms with E-state index in [-0.39, 0.29) is 82.2 Å². The minimum atomic E-state index is -3.80. The molecule has 2 fully saturated rings. The molecule has 36 nitrogen and oxygen atoms in total. The van der Waals surface area contributed by atoms with E-state index in [9.17, 15) is 78.7 Å². The van der Waals surface area contributed by atoms with Crippen LogP contribution in [0.3, 0.4) is 0 Å².